The number of fused-ring (bicyclic) bond motifs is 1. The fourth-order valence-electron chi connectivity index (χ4n) is 2.26. The Hall–Kier alpha value is -1.35. The van der Waals surface area contributed by atoms with Gasteiger partial charge < -0.3 is 10.3 Å². The average molecular weight is 234 g/mol. The number of nitrogens with one attached hydrogen (secondary N) is 2. The van der Waals surface area contributed by atoms with Crippen LogP contribution >= 0.6 is 0 Å². The molecule has 92 valence electrons. The topological polar surface area (TPSA) is 27.8 Å². The van der Waals surface area contributed by atoms with Gasteiger partial charge in [-0.2, -0.15) is 0 Å². The molecule has 0 saturated carbocycles. The summed E-state index contributed by atoms with van der Waals surface area (Å²) < 4.78 is 13.6. The molecule has 17 heavy (non-hydrogen) atoms. The summed E-state index contributed by atoms with van der Waals surface area (Å²) in [5.41, 5.74) is 2.97. The molecule has 1 aromatic carbocycles. The van der Waals surface area contributed by atoms with Gasteiger partial charge in [-0.05, 0) is 44.5 Å². The van der Waals surface area contributed by atoms with Crippen molar-refractivity contribution >= 4 is 10.9 Å². The van der Waals surface area contributed by atoms with Gasteiger partial charge in [-0.3, -0.25) is 0 Å². The highest BCUT2D eigenvalue weighted by molar-refractivity contribution is 5.85. The minimum atomic E-state index is -0.163. The molecule has 1 aromatic heterocycles. The lowest BCUT2D eigenvalue weighted by Gasteiger charge is -2.02. The quantitative estimate of drug-likeness (QED) is 0.764. The van der Waals surface area contributed by atoms with Gasteiger partial charge in [0.2, 0.25) is 0 Å². The Bertz CT molecular complexity index is 502. The van der Waals surface area contributed by atoms with Crippen molar-refractivity contribution in [2.75, 3.05) is 13.1 Å². The van der Waals surface area contributed by atoms with Crippen molar-refractivity contribution in [3.8, 4) is 0 Å². The molecule has 0 amide bonds. The molecule has 2 aromatic rings. The zero-order chi connectivity index (χ0) is 12.3. The maximum Gasteiger partial charge on any atom is 0.147 e. The second-order valence-electron chi connectivity index (χ2n) is 4.35. The highest BCUT2D eigenvalue weighted by atomic mass is 19.1. The van der Waals surface area contributed by atoms with Crippen molar-refractivity contribution in [1.82, 2.24) is 10.3 Å². The number of para-hydroxylation sites is 1. The second-order valence-corrected chi connectivity index (χ2v) is 4.35. The third-order valence-corrected chi connectivity index (χ3v) is 3.13. The molecule has 0 atom stereocenters. The molecule has 0 bridgehead atoms. The van der Waals surface area contributed by atoms with Crippen molar-refractivity contribution < 1.29 is 4.39 Å². The molecule has 0 aliphatic carbocycles. The highest BCUT2D eigenvalue weighted by Gasteiger charge is 2.10. The maximum absolute atomic E-state index is 13.6. The van der Waals surface area contributed by atoms with E-state index in [1.807, 2.05) is 13.0 Å². The van der Waals surface area contributed by atoms with Crippen LogP contribution in [-0.4, -0.2) is 18.1 Å². The van der Waals surface area contributed by atoms with Crippen LogP contribution in [0.3, 0.4) is 0 Å². The molecule has 0 radical (unpaired) electrons. The van der Waals surface area contributed by atoms with Crippen molar-refractivity contribution in [2.45, 2.75) is 26.7 Å². The van der Waals surface area contributed by atoms with Gasteiger partial charge in [-0.1, -0.05) is 19.1 Å². The van der Waals surface area contributed by atoms with E-state index in [0.29, 0.717) is 5.52 Å². The zero-order valence-electron chi connectivity index (χ0n) is 10.4. The molecule has 0 fully saturated rings. The number of hydrogen-bond donors (Lipinski definition) is 2. The van der Waals surface area contributed by atoms with Gasteiger partial charge >= 0.3 is 0 Å². The van der Waals surface area contributed by atoms with Crippen molar-refractivity contribution in [3.63, 3.8) is 0 Å². The predicted octanol–water partition coefficient (Wildman–Crippen LogP) is 3.16. The van der Waals surface area contributed by atoms with E-state index in [2.05, 4.69) is 17.2 Å². The van der Waals surface area contributed by atoms with Crippen LogP contribution in [0.25, 0.3) is 10.9 Å². The molecule has 0 unspecified atom stereocenters. The lowest BCUT2D eigenvalue weighted by atomic mass is 10.1. The van der Waals surface area contributed by atoms with Crippen LogP contribution in [0.5, 0.6) is 0 Å². The van der Waals surface area contributed by atoms with Gasteiger partial charge in [0, 0.05) is 11.1 Å². The van der Waals surface area contributed by atoms with Crippen LogP contribution in [0.15, 0.2) is 18.2 Å². The number of hydrogen-bond acceptors (Lipinski definition) is 1. The largest absolute Gasteiger partial charge is 0.356 e. The molecule has 2 rings (SSSR count). The number of aromatic amines is 1. The van der Waals surface area contributed by atoms with E-state index >= 15 is 0 Å². The smallest absolute Gasteiger partial charge is 0.147 e. The number of H-pyrrole nitrogens is 1. The summed E-state index contributed by atoms with van der Waals surface area (Å²) in [6.07, 6.45) is 2.07. The molecule has 0 aliphatic rings. The Kier molecular flexibility index (Phi) is 3.79. The minimum Gasteiger partial charge on any atom is -0.356 e. The normalized spacial score (nSPS) is 11.2. The first-order valence-corrected chi connectivity index (χ1v) is 6.20. The van der Waals surface area contributed by atoms with Gasteiger partial charge in [0.15, 0.2) is 0 Å². The first kappa shape index (κ1) is 12.1. The Morgan fingerprint density at radius 3 is 2.94 bits per heavy atom. The van der Waals surface area contributed by atoms with Crippen LogP contribution in [0.2, 0.25) is 0 Å². The second kappa shape index (κ2) is 5.32. The lowest BCUT2D eigenvalue weighted by Crippen LogP contribution is -2.14. The number of rotatable bonds is 5. The first-order valence-electron chi connectivity index (χ1n) is 6.20. The fraction of sp³-hybridized carbons (Fsp3) is 0.429. The van der Waals surface area contributed by atoms with E-state index in [1.165, 1.54) is 11.6 Å². The zero-order valence-corrected chi connectivity index (χ0v) is 10.4. The van der Waals surface area contributed by atoms with Crippen LogP contribution in [0.4, 0.5) is 4.39 Å². The van der Waals surface area contributed by atoms with E-state index in [4.69, 9.17) is 0 Å². The average Bonchev–Trinajstić information content (AvgIpc) is 2.63. The van der Waals surface area contributed by atoms with Crippen LogP contribution in [0, 0.1) is 12.7 Å². The minimum absolute atomic E-state index is 0.163. The standard InChI is InChI=1S/C14H19FN2/c1-3-16-9-5-7-11-10(2)17-14-12(11)6-4-8-13(14)15/h4,6,8,16-17H,3,5,7,9H2,1-2H3. The van der Waals surface area contributed by atoms with Gasteiger partial charge in [0.05, 0.1) is 5.52 Å². The summed E-state index contributed by atoms with van der Waals surface area (Å²) in [6, 6.07) is 5.27. The van der Waals surface area contributed by atoms with Crippen molar-refractivity contribution in [3.05, 3.63) is 35.3 Å². The number of aryl methyl sites for hydroxylation is 2. The molecule has 3 heteroatoms. The molecule has 2 N–H and O–H groups in total. The molecular weight excluding hydrogens is 215 g/mol. The monoisotopic (exact) mass is 234 g/mol. The molecule has 0 spiro atoms. The van der Waals surface area contributed by atoms with Gasteiger partial charge in [0.25, 0.3) is 0 Å². The fourth-order valence-corrected chi connectivity index (χ4v) is 2.26. The van der Waals surface area contributed by atoms with E-state index < -0.39 is 0 Å². The molecule has 2 nitrogen and oxygen atoms in total. The Morgan fingerprint density at radius 1 is 1.35 bits per heavy atom. The highest BCUT2D eigenvalue weighted by Crippen LogP contribution is 2.25. The summed E-state index contributed by atoms with van der Waals surface area (Å²) in [7, 11) is 0. The molecule has 1 heterocycles. The Morgan fingerprint density at radius 2 is 2.18 bits per heavy atom. The molecule has 0 aliphatic heterocycles. The van der Waals surface area contributed by atoms with E-state index in [0.717, 1.165) is 37.0 Å². The summed E-state index contributed by atoms with van der Waals surface area (Å²) in [4.78, 5) is 3.14. The first-order chi connectivity index (χ1) is 8.24. The van der Waals surface area contributed by atoms with E-state index in [-0.39, 0.29) is 5.82 Å². The molecular formula is C14H19FN2. The summed E-state index contributed by atoms with van der Waals surface area (Å²) >= 11 is 0. The molecule has 0 saturated heterocycles. The summed E-state index contributed by atoms with van der Waals surface area (Å²) in [5.74, 6) is -0.163. The Balaban J connectivity index is 2.21. The maximum atomic E-state index is 13.6. The van der Waals surface area contributed by atoms with Crippen molar-refractivity contribution in [1.29, 1.82) is 0 Å². The van der Waals surface area contributed by atoms with Gasteiger partial charge in [0.1, 0.15) is 5.82 Å². The number of halogens is 1. The van der Waals surface area contributed by atoms with Gasteiger partial charge in [-0.25, -0.2) is 4.39 Å². The number of aromatic nitrogens is 1. The lowest BCUT2D eigenvalue weighted by molar-refractivity contribution is 0.637. The SMILES string of the molecule is CCNCCCc1c(C)[nH]c2c(F)cccc12. The van der Waals surface area contributed by atoms with E-state index in [1.54, 1.807) is 6.07 Å². The predicted molar refractivity (Wildman–Crippen MR) is 69.9 cm³/mol. The van der Waals surface area contributed by atoms with Crippen LogP contribution in [-0.2, 0) is 6.42 Å². The van der Waals surface area contributed by atoms with Gasteiger partial charge in [-0.15, -0.1) is 0 Å². The summed E-state index contributed by atoms with van der Waals surface area (Å²) in [5, 5.41) is 4.33. The third-order valence-electron chi connectivity index (χ3n) is 3.13. The third kappa shape index (κ3) is 2.50. The Labute approximate surface area is 101 Å². The van der Waals surface area contributed by atoms with Crippen molar-refractivity contribution in [2.24, 2.45) is 0 Å². The van der Waals surface area contributed by atoms with Crippen LogP contribution < -0.4 is 5.32 Å². The number of benzene rings is 1. The van der Waals surface area contributed by atoms with E-state index in [9.17, 15) is 4.39 Å². The van der Waals surface area contributed by atoms with Crippen LogP contribution in [0.1, 0.15) is 24.6 Å². The summed E-state index contributed by atoms with van der Waals surface area (Å²) in [6.45, 7) is 6.13.